The zero-order valence-electron chi connectivity index (χ0n) is 9.61. The highest BCUT2D eigenvalue weighted by atomic mass is 127. The zero-order valence-corrected chi connectivity index (χ0v) is 11.8. The van der Waals surface area contributed by atoms with Gasteiger partial charge in [-0.25, -0.2) is 0 Å². The third-order valence-electron chi connectivity index (χ3n) is 1.92. The first-order chi connectivity index (χ1) is 7.77. The molecule has 0 saturated carbocycles. The van der Waals surface area contributed by atoms with Crippen molar-refractivity contribution in [3.63, 3.8) is 0 Å². The van der Waals surface area contributed by atoms with Gasteiger partial charge in [-0.3, -0.25) is 0 Å². The molecule has 1 aromatic rings. The first-order valence-electron chi connectivity index (χ1n) is 5.38. The molecule has 0 N–H and O–H groups in total. The monoisotopic (exact) mass is 336 g/mol. The molecule has 0 spiro atoms. The lowest BCUT2D eigenvalue weighted by atomic mass is 10.3. The first kappa shape index (κ1) is 13.7. The molecule has 0 radical (unpaired) electrons. The molecule has 0 fully saturated rings. The van der Waals surface area contributed by atoms with Crippen molar-refractivity contribution in [2.24, 2.45) is 0 Å². The molecular formula is C12H17IO3. The van der Waals surface area contributed by atoms with Gasteiger partial charge in [-0.15, -0.1) is 0 Å². The van der Waals surface area contributed by atoms with Gasteiger partial charge >= 0.3 is 0 Å². The molecule has 4 heteroatoms. The van der Waals surface area contributed by atoms with Crippen molar-refractivity contribution in [2.75, 3.05) is 19.8 Å². The summed E-state index contributed by atoms with van der Waals surface area (Å²) in [6.45, 7) is 5.55. The number of halogens is 1. The van der Waals surface area contributed by atoms with Crippen LogP contribution in [0.1, 0.15) is 13.8 Å². The molecule has 0 aliphatic carbocycles. The maximum Gasteiger partial charge on any atom is 0.191 e. The summed E-state index contributed by atoms with van der Waals surface area (Å²) in [5.74, 6) is 0.868. The largest absolute Gasteiger partial charge is 0.487 e. The fourth-order valence-corrected chi connectivity index (χ4v) is 1.78. The van der Waals surface area contributed by atoms with Crippen LogP contribution in [0.25, 0.3) is 0 Å². The van der Waals surface area contributed by atoms with E-state index >= 15 is 0 Å². The average molecular weight is 336 g/mol. The predicted octanol–water partition coefficient (Wildman–Crippen LogP) is 3.07. The maximum atomic E-state index is 5.65. The molecule has 0 amide bonds. The van der Waals surface area contributed by atoms with Crippen LogP contribution >= 0.6 is 22.6 Å². The molecule has 0 heterocycles. The van der Waals surface area contributed by atoms with Gasteiger partial charge in [0, 0.05) is 13.2 Å². The second-order valence-electron chi connectivity index (χ2n) is 3.08. The van der Waals surface area contributed by atoms with Crippen LogP contribution < -0.4 is 4.74 Å². The van der Waals surface area contributed by atoms with Crippen LogP contribution in [-0.4, -0.2) is 26.1 Å². The summed E-state index contributed by atoms with van der Waals surface area (Å²) < 4.78 is 17.5. The van der Waals surface area contributed by atoms with Crippen molar-refractivity contribution in [2.45, 2.75) is 20.1 Å². The Balaban J connectivity index is 2.45. The lowest BCUT2D eigenvalue weighted by molar-refractivity contribution is -0.152. The molecule has 0 aliphatic heterocycles. The van der Waals surface area contributed by atoms with Crippen molar-refractivity contribution in [3.05, 3.63) is 27.8 Å². The van der Waals surface area contributed by atoms with E-state index in [2.05, 4.69) is 22.6 Å². The van der Waals surface area contributed by atoms with Gasteiger partial charge in [-0.05, 0) is 48.6 Å². The van der Waals surface area contributed by atoms with Crippen LogP contribution in [-0.2, 0) is 9.47 Å². The van der Waals surface area contributed by atoms with Crippen molar-refractivity contribution >= 4 is 22.6 Å². The van der Waals surface area contributed by atoms with Crippen molar-refractivity contribution in [1.29, 1.82) is 0 Å². The van der Waals surface area contributed by atoms with E-state index in [9.17, 15) is 0 Å². The summed E-state index contributed by atoms with van der Waals surface area (Å²) >= 11 is 2.24. The highest BCUT2D eigenvalue weighted by molar-refractivity contribution is 14.1. The normalized spacial score (nSPS) is 10.8. The molecule has 0 unspecified atom stereocenters. The van der Waals surface area contributed by atoms with Crippen LogP contribution in [0.15, 0.2) is 24.3 Å². The topological polar surface area (TPSA) is 27.7 Å². The minimum absolute atomic E-state index is 0.286. The molecule has 0 aromatic heterocycles. The Hall–Kier alpha value is -0.330. The van der Waals surface area contributed by atoms with E-state index in [4.69, 9.17) is 14.2 Å². The van der Waals surface area contributed by atoms with Crippen LogP contribution in [0.2, 0.25) is 0 Å². The van der Waals surface area contributed by atoms with E-state index in [1.54, 1.807) is 0 Å². The Kier molecular flexibility index (Phi) is 6.75. The molecule has 3 nitrogen and oxygen atoms in total. The maximum absolute atomic E-state index is 5.65. The Morgan fingerprint density at radius 3 is 2.31 bits per heavy atom. The minimum Gasteiger partial charge on any atom is -0.487 e. The second-order valence-corrected chi connectivity index (χ2v) is 4.24. The summed E-state index contributed by atoms with van der Waals surface area (Å²) in [5, 5.41) is 0. The van der Waals surface area contributed by atoms with Gasteiger partial charge < -0.3 is 14.2 Å². The molecular weight excluding hydrogens is 319 g/mol. The number of rotatable bonds is 7. The highest BCUT2D eigenvalue weighted by Gasteiger charge is 2.09. The van der Waals surface area contributed by atoms with E-state index < -0.39 is 0 Å². The summed E-state index contributed by atoms with van der Waals surface area (Å²) in [5.41, 5.74) is 0. The zero-order chi connectivity index (χ0) is 11.8. The Labute approximate surface area is 110 Å². The van der Waals surface area contributed by atoms with E-state index in [0.717, 1.165) is 9.32 Å². The standard InChI is InChI=1S/C12H17IO3/c1-3-14-12(15-4-2)9-16-11-8-6-5-7-10(11)13/h5-8,12H,3-4,9H2,1-2H3. The SMILES string of the molecule is CCOC(COc1ccccc1I)OCC. The van der Waals surface area contributed by atoms with Crippen LogP contribution in [0.3, 0.4) is 0 Å². The van der Waals surface area contributed by atoms with Gasteiger partial charge in [0.05, 0.1) is 3.57 Å². The number of benzene rings is 1. The molecule has 0 atom stereocenters. The summed E-state index contributed by atoms with van der Waals surface area (Å²) in [4.78, 5) is 0. The van der Waals surface area contributed by atoms with Gasteiger partial charge in [-0.2, -0.15) is 0 Å². The number of hydrogen-bond donors (Lipinski definition) is 0. The lowest BCUT2D eigenvalue weighted by Crippen LogP contribution is -2.25. The molecule has 1 aromatic carbocycles. The Morgan fingerprint density at radius 1 is 1.12 bits per heavy atom. The first-order valence-corrected chi connectivity index (χ1v) is 6.46. The predicted molar refractivity (Wildman–Crippen MR) is 71.7 cm³/mol. The van der Waals surface area contributed by atoms with Gasteiger partial charge in [0.2, 0.25) is 0 Å². The number of ether oxygens (including phenoxy) is 3. The number of hydrogen-bond acceptors (Lipinski definition) is 3. The number of para-hydroxylation sites is 1. The summed E-state index contributed by atoms with van der Waals surface area (Å²) in [6.07, 6.45) is -0.286. The fraction of sp³-hybridized carbons (Fsp3) is 0.500. The Bertz CT molecular complexity index is 298. The van der Waals surface area contributed by atoms with Crippen molar-refractivity contribution in [3.8, 4) is 5.75 Å². The van der Waals surface area contributed by atoms with Gasteiger partial charge in [0.15, 0.2) is 6.29 Å². The average Bonchev–Trinajstić information content (AvgIpc) is 2.28. The van der Waals surface area contributed by atoms with Crippen LogP contribution in [0, 0.1) is 3.57 Å². The van der Waals surface area contributed by atoms with E-state index in [1.165, 1.54) is 0 Å². The molecule has 1 rings (SSSR count). The van der Waals surface area contributed by atoms with Gasteiger partial charge in [0.1, 0.15) is 12.4 Å². The molecule has 0 bridgehead atoms. The molecule has 90 valence electrons. The minimum atomic E-state index is -0.286. The fourth-order valence-electron chi connectivity index (χ4n) is 1.24. The molecule has 0 aliphatic rings. The smallest absolute Gasteiger partial charge is 0.191 e. The molecule has 16 heavy (non-hydrogen) atoms. The third-order valence-corrected chi connectivity index (χ3v) is 2.81. The highest BCUT2D eigenvalue weighted by Crippen LogP contribution is 2.19. The van der Waals surface area contributed by atoms with E-state index in [-0.39, 0.29) is 6.29 Å². The quantitative estimate of drug-likeness (QED) is 0.566. The second kappa shape index (κ2) is 7.86. The third kappa shape index (κ3) is 4.67. The summed E-state index contributed by atoms with van der Waals surface area (Å²) in [7, 11) is 0. The lowest BCUT2D eigenvalue weighted by Gasteiger charge is -2.17. The van der Waals surface area contributed by atoms with Gasteiger partial charge in [-0.1, -0.05) is 12.1 Å². The van der Waals surface area contributed by atoms with Crippen LogP contribution in [0.5, 0.6) is 5.75 Å². The van der Waals surface area contributed by atoms with Crippen LogP contribution in [0.4, 0.5) is 0 Å². The van der Waals surface area contributed by atoms with Crippen molar-refractivity contribution in [1.82, 2.24) is 0 Å². The molecule has 0 saturated heterocycles. The summed E-state index contributed by atoms with van der Waals surface area (Å²) in [6, 6.07) is 7.88. The van der Waals surface area contributed by atoms with E-state index in [0.29, 0.717) is 19.8 Å². The van der Waals surface area contributed by atoms with Gasteiger partial charge in [0.25, 0.3) is 0 Å². The van der Waals surface area contributed by atoms with E-state index in [1.807, 2.05) is 38.1 Å². The van der Waals surface area contributed by atoms with Crippen molar-refractivity contribution < 1.29 is 14.2 Å². The Morgan fingerprint density at radius 2 is 1.75 bits per heavy atom.